The maximum Gasteiger partial charge on any atom is 0.0931 e. The number of likely N-dealkylation sites (N-methyl/N-ethyl adjacent to an activating group) is 1. The van der Waals surface area contributed by atoms with E-state index in [9.17, 15) is 0 Å². The SMILES string of the molecule is CCNC(Cc1ccc(Cl)s1)c1ncccc1Br. The van der Waals surface area contributed by atoms with Crippen molar-refractivity contribution in [1.29, 1.82) is 0 Å². The molecule has 2 rings (SSSR count). The molecule has 0 spiro atoms. The molecular formula is C13H14BrClN2S. The minimum atomic E-state index is 0.209. The van der Waals surface area contributed by atoms with Gasteiger partial charge in [0.25, 0.3) is 0 Å². The lowest BCUT2D eigenvalue weighted by Crippen LogP contribution is -2.24. The fraction of sp³-hybridized carbons (Fsp3) is 0.308. The monoisotopic (exact) mass is 344 g/mol. The van der Waals surface area contributed by atoms with Crippen LogP contribution in [0.4, 0.5) is 0 Å². The van der Waals surface area contributed by atoms with E-state index >= 15 is 0 Å². The molecule has 0 fully saturated rings. The van der Waals surface area contributed by atoms with E-state index in [1.54, 1.807) is 11.3 Å². The molecule has 0 saturated carbocycles. The van der Waals surface area contributed by atoms with Crippen molar-refractivity contribution in [2.24, 2.45) is 0 Å². The average molecular weight is 346 g/mol. The number of aromatic nitrogens is 1. The first-order valence-electron chi connectivity index (χ1n) is 5.78. The molecule has 96 valence electrons. The summed E-state index contributed by atoms with van der Waals surface area (Å²) in [5.41, 5.74) is 1.05. The Bertz CT molecular complexity index is 515. The summed E-state index contributed by atoms with van der Waals surface area (Å²) in [5, 5.41) is 3.47. The first-order valence-corrected chi connectivity index (χ1v) is 7.77. The largest absolute Gasteiger partial charge is 0.309 e. The molecule has 0 aliphatic heterocycles. The Labute approximate surface area is 125 Å². The molecule has 2 aromatic heterocycles. The first kappa shape index (κ1) is 14.0. The number of pyridine rings is 1. The van der Waals surface area contributed by atoms with Crippen LogP contribution in [0, 0.1) is 0 Å². The lowest BCUT2D eigenvalue weighted by molar-refractivity contribution is 0.538. The summed E-state index contributed by atoms with van der Waals surface area (Å²) >= 11 is 11.2. The summed E-state index contributed by atoms with van der Waals surface area (Å²) in [5.74, 6) is 0. The molecule has 1 atom stereocenters. The van der Waals surface area contributed by atoms with Crippen LogP contribution >= 0.6 is 38.9 Å². The van der Waals surface area contributed by atoms with Crippen LogP contribution in [0.2, 0.25) is 4.34 Å². The molecule has 0 amide bonds. The Kier molecular flexibility index (Phi) is 5.18. The Morgan fingerprint density at radius 2 is 2.28 bits per heavy atom. The second-order valence-corrected chi connectivity index (χ2v) is 6.54. The van der Waals surface area contributed by atoms with Gasteiger partial charge in [-0.1, -0.05) is 18.5 Å². The maximum atomic E-state index is 5.97. The standard InChI is InChI=1S/C13H14BrClN2S/c1-2-16-11(8-9-5-6-12(15)18-9)13-10(14)4-3-7-17-13/h3-7,11,16H,2,8H2,1H3. The lowest BCUT2D eigenvalue weighted by Gasteiger charge is -2.17. The zero-order chi connectivity index (χ0) is 13.0. The van der Waals surface area contributed by atoms with Crippen molar-refractivity contribution in [2.75, 3.05) is 6.54 Å². The third kappa shape index (κ3) is 3.54. The Hall–Kier alpha value is -0.420. The Morgan fingerprint density at radius 1 is 1.44 bits per heavy atom. The molecular weight excluding hydrogens is 332 g/mol. The van der Waals surface area contributed by atoms with Crippen molar-refractivity contribution < 1.29 is 0 Å². The van der Waals surface area contributed by atoms with Gasteiger partial charge in [-0.15, -0.1) is 11.3 Å². The van der Waals surface area contributed by atoms with Crippen LogP contribution in [0.15, 0.2) is 34.9 Å². The molecule has 2 aromatic rings. The maximum absolute atomic E-state index is 5.97. The summed E-state index contributed by atoms with van der Waals surface area (Å²) in [6.45, 7) is 3.01. The molecule has 1 unspecified atom stereocenters. The van der Waals surface area contributed by atoms with Gasteiger partial charge in [0.2, 0.25) is 0 Å². The van der Waals surface area contributed by atoms with Crippen LogP contribution < -0.4 is 5.32 Å². The number of hydrogen-bond acceptors (Lipinski definition) is 3. The fourth-order valence-corrected chi connectivity index (χ4v) is 3.49. The minimum absolute atomic E-state index is 0.209. The van der Waals surface area contributed by atoms with Crippen LogP contribution in [0.3, 0.4) is 0 Å². The number of hydrogen-bond donors (Lipinski definition) is 1. The van der Waals surface area contributed by atoms with Gasteiger partial charge in [0.15, 0.2) is 0 Å². The minimum Gasteiger partial charge on any atom is -0.309 e. The number of halogens is 2. The molecule has 0 radical (unpaired) electrons. The van der Waals surface area contributed by atoms with E-state index in [4.69, 9.17) is 11.6 Å². The topological polar surface area (TPSA) is 24.9 Å². The third-order valence-electron chi connectivity index (χ3n) is 2.60. The molecule has 5 heteroatoms. The van der Waals surface area contributed by atoms with E-state index in [2.05, 4.69) is 39.2 Å². The second-order valence-electron chi connectivity index (χ2n) is 3.89. The van der Waals surface area contributed by atoms with Crippen molar-refractivity contribution in [3.63, 3.8) is 0 Å². The van der Waals surface area contributed by atoms with E-state index in [1.165, 1.54) is 4.88 Å². The Balaban J connectivity index is 2.20. The van der Waals surface area contributed by atoms with E-state index in [0.717, 1.165) is 27.5 Å². The molecule has 1 N–H and O–H groups in total. The summed E-state index contributed by atoms with van der Waals surface area (Å²) in [4.78, 5) is 5.73. The van der Waals surface area contributed by atoms with Gasteiger partial charge in [0, 0.05) is 22.0 Å². The van der Waals surface area contributed by atoms with Gasteiger partial charge in [-0.25, -0.2) is 0 Å². The zero-order valence-electron chi connectivity index (χ0n) is 9.99. The summed E-state index contributed by atoms with van der Waals surface area (Å²) in [6.07, 6.45) is 2.73. The Morgan fingerprint density at radius 3 is 2.89 bits per heavy atom. The molecule has 0 bridgehead atoms. The summed E-state index contributed by atoms with van der Waals surface area (Å²) in [6, 6.07) is 8.18. The highest BCUT2D eigenvalue weighted by Gasteiger charge is 2.16. The summed E-state index contributed by atoms with van der Waals surface area (Å²) in [7, 11) is 0. The van der Waals surface area contributed by atoms with Crippen LogP contribution in [-0.4, -0.2) is 11.5 Å². The van der Waals surface area contributed by atoms with Gasteiger partial charge in [-0.05, 0) is 46.7 Å². The van der Waals surface area contributed by atoms with E-state index in [-0.39, 0.29) is 6.04 Å². The highest BCUT2D eigenvalue weighted by Crippen LogP contribution is 2.28. The average Bonchev–Trinajstić information content (AvgIpc) is 2.75. The quantitative estimate of drug-likeness (QED) is 0.866. The molecule has 2 heterocycles. The highest BCUT2D eigenvalue weighted by molar-refractivity contribution is 9.10. The zero-order valence-corrected chi connectivity index (χ0v) is 13.1. The molecule has 0 aliphatic rings. The van der Waals surface area contributed by atoms with Gasteiger partial charge >= 0.3 is 0 Å². The highest BCUT2D eigenvalue weighted by atomic mass is 79.9. The van der Waals surface area contributed by atoms with E-state index < -0.39 is 0 Å². The number of nitrogens with one attached hydrogen (secondary N) is 1. The first-order chi connectivity index (χ1) is 8.70. The van der Waals surface area contributed by atoms with Gasteiger partial charge in [-0.2, -0.15) is 0 Å². The van der Waals surface area contributed by atoms with Gasteiger partial charge in [0.1, 0.15) is 0 Å². The number of nitrogens with zero attached hydrogens (tertiary/aromatic N) is 1. The number of thiophene rings is 1. The molecule has 0 aromatic carbocycles. The van der Waals surface area contributed by atoms with Crippen LogP contribution in [0.5, 0.6) is 0 Å². The second kappa shape index (κ2) is 6.66. The normalized spacial score (nSPS) is 12.6. The third-order valence-corrected chi connectivity index (χ3v) is 4.53. The van der Waals surface area contributed by atoms with E-state index in [1.807, 2.05) is 24.4 Å². The van der Waals surface area contributed by atoms with E-state index in [0.29, 0.717) is 0 Å². The molecule has 0 aliphatic carbocycles. The van der Waals surface area contributed by atoms with Crippen LogP contribution in [-0.2, 0) is 6.42 Å². The van der Waals surface area contributed by atoms with Gasteiger partial charge in [-0.3, -0.25) is 4.98 Å². The summed E-state index contributed by atoms with van der Waals surface area (Å²) < 4.78 is 1.87. The predicted octanol–water partition coefficient (Wildman–Crippen LogP) is 4.45. The van der Waals surface area contributed by atoms with Crippen LogP contribution in [0.25, 0.3) is 0 Å². The van der Waals surface area contributed by atoms with Crippen molar-refractivity contribution >= 4 is 38.9 Å². The van der Waals surface area contributed by atoms with Gasteiger partial charge < -0.3 is 5.32 Å². The van der Waals surface area contributed by atoms with Crippen molar-refractivity contribution in [1.82, 2.24) is 10.3 Å². The number of rotatable bonds is 5. The van der Waals surface area contributed by atoms with Gasteiger partial charge in [0.05, 0.1) is 16.1 Å². The molecule has 0 saturated heterocycles. The van der Waals surface area contributed by atoms with Crippen molar-refractivity contribution in [3.05, 3.63) is 49.8 Å². The lowest BCUT2D eigenvalue weighted by atomic mass is 10.1. The predicted molar refractivity (Wildman–Crippen MR) is 81.4 cm³/mol. The smallest absolute Gasteiger partial charge is 0.0931 e. The fourth-order valence-electron chi connectivity index (χ4n) is 1.83. The van der Waals surface area contributed by atoms with Crippen molar-refractivity contribution in [2.45, 2.75) is 19.4 Å². The van der Waals surface area contributed by atoms with Crippen molar-refractivity contribution in [3.8, 4) is 0 Å². The molecule has 2 nitrogen and oxygen atoms in total. The molecule has 18 heavy (non-hydrogen) atoms. The van der Waals surface area contributed by atoms with Crippen LogP contribution in [0.1, 0.15) is 23.5 Å².